The van der Waals surface area contributed by atoms with Gasteiger partial charge in [-0.15, -0.1) is 0 Å². The van der Waals surface area contributed by atoms with Crippen molar-refractivity contribution in [3.05, 3.63) is 11.6 Å². The number of carbonyl (C=O) groups excluding carboxylic acids is 1. The number of carboxylic acid groups (broad SMARTS) is 1. The molecule has 0 bridgehead atoms. The Hall–Kier alpha value is -0.450. The number of carboxylic acids is 1. The topological polar surface area (TPSA) is 94.5 Å². The molecule has 0 radical (unpaired) electrons. The lowest BCUT2D eigenvalue weighted by molar-refractivity contribution is -0.299. The molecule has 0 aliphatic rings. The van der Waals surface area contributed by atoms with Gasteiger partial charge in [0, 0.05) is 7.26 Å². The summed E-state index contributed by atoms with van der Waals surface area (Å²) in [5.74, 6) is -1.63. The fourth-order valence-corrected chi connectivity index (χ4v) is 9.42. The average molecular weight is 495 g/mol. The molecule has 0 aromatic carbocycles. The summed E-state index contributed by atoms with van der Waals surface area (Å²) in [6, 6.07) is 0. The summed E-state index contributed by atoms with van der Waals surface area (Å²) in [4.78, 5) is 10.1. The number of hydrogen-bond acceptors (Lipinski definition) is 4. The molecule has 0 aliphatic heterocycles. The number of hydrogen-bond donors (Lipinski definition) is 1. The van der Waals surface area contributed by atoms with E-state index in [2.05, 4.69) is 27.7 Å². The average Bonchev–Trinajstić information content (AvgIpc) is 2.74. The van der Waals surface area contributed by atoms with E-state index in [9.17, 15) is 18.3 Å². The van der Waals surface area contributed by atoms with Crippen molar-refractivity contribution in [2.24, 2.45) is 0 Å². The standard InChI is InChI=1S/C18H40P.C7H12O5S/c1-5-9-13-14-18-19(15-10-6-2,16-11-7-3)17-12-8-4;1-6(7(8)9)4-2-3-5-13(10,11)12/h5-18H2,1-4H3;4H,2-3,5H2,1H3,(H,8,9)(H,10,11,12)/q+1;/p-1. The third-order valence-corrected chi connectivity index (χ3v) is 11.7. The Bertz CT molecular complexity index is 565. The van der Waals surface area contributed by atoms with Gasteiger partial charge in [-0.1, -0.05) is 65.9 Å². The van der Waals surface area contributed by atoms with Crippen LogP contribution >= 0.6 is 7.26 Å². The number of rotatable bonds is 19. The van der Waals surface area contributed by atoms with Crippen molar-refractivity contribution in [1.29, 1.82) is 0 Å². The molecule has 0 aromatic rings. The Morgan fingerprint density at radius 3 is 1.59 bits per heavy atom. The van der Waals surface area contributed by atoms with Crippen LogP contribution in [0.25, 0.3) is 0 Å². The monoisotopic (exact) mass is 494 g/mol. The highest BCUT2D eigenvalue weighted by Crippen LogP contribution is 2.61. The Labute approximate surface area is 199 Å². The smallest absolute Gasteiger partial charge is 0.264 e. The van der Waals surface area contributed by atoms with Gasteiger partial charge < -0.3 is 9.90 Å². The number of carbonyl (C=O) groups is 1. The second kappa shape index (κ2) is 21.1. The van der Waals surface area contributed by atoms with Gasteiger partial charge in [-0.05, 0) is 57.4 Å². The minimum atomic E-state index is -3.93. The lowest BCUT2D eigenvalue weighted by Crippen LogP contribution is -2.22. The molecule has 0 aromatic heterocycles. The van der Waals surface area contributed by atoms with Gasteiger partial charge in [-0.2, -0.15) is 8.42 Å². The zero-order chi connectivity index (χ0) is 24.9. The lowest BCUT2D eigenvalue weighted by Gasteiger charge is -2.28. The van der Waals surface area contributed by atoms with Crippen molar-refractivity contribution < 1.29 is 22.9 Å². The van der Waals surface area contributed by atoms with Gasteiger partial charge in [0.15, 0.2) is 0 Å². The van der Waals surface area contributed by atoms with Crippen molar-refractivity contribution in [1.82, 2.24) is 0 Å². The third-order valence-electron chi connectivity index (χ3n) is 5.82. The van der Waals surface area contributed by atoms with Crippen molar-refractivity contribution in [2.45, 2.75) is 112 Å². The van der Waals surface area contributed by atoms with Crippen molar-refractivity contribution in [2.75, 3.05) is 30.4 Å². The van der Waals surface area contributed by atoms with Gasteiger partial charge in [-0.25, -0.2) is 0 Å². The molecule has 0 rings (SSSR count). The maximum absolute atomic E-state index is 10.2. The molecule has 0 heterocycles. The summed E-state index contributed by atoms with van der Waals surface area (Å²) < 4.78 is 28.7. The van der Waals surface area contributed by atoms with Gasteiger partial charge in [0.1, 0.15) is 0 Å². The highest BCUT2D eigenvalue weighted by molar-refractivity contribution is 7.85. The predicted octanol–water partition coefficient (Wildman–Crippen LogP) is 6.34. The van der Waals surface area contributed by atoms with Crippen LogP contribution in [-0.4, -0.2) is 49.3 Å². The summed E-state index contributed by atoms with van der Waals surface area (Å²) in [5.41, 5.74) is 0.0651. The van der Waals surface area contributed by atoms with Crippen LogP contribution in [0.1, 0.15) is 112 Å². The highest BCUT2D eigenvalue weighted by Gasteiger charge is 2.34. The molecule has 32 heavy (non-hydrogen) atoms. The SMILES string of the molecule is CC(=CCCCS(=O)(=O)O)C(=O)[O-].CCCCCC[P+](CCCC)(CCCC)CCCC. The van der Waals surface area contributed by atoms with Crippen LogP contribution in [0.5, 0.6) is 0 Å². The van der Waals surface area contributed by atoms with E-state index < -0.39 is 23.3 Å². The largest absolute Gasteiger partial charge is 0.545 e. The van der Waals surface area contributed by atoms with E-state index in [4.69, 9.17) is 4.55 Å². The van der Waals surface area contributed by atoms with Crippen molar-refractivity contribution >= 4 is 23.3 Å². The zero-order valence-electron chi connectivity index (χ0n) is 21.5. The van der Waals surface area contributed by atoms with E-state index in [-0.39, 0.29) is 17.7 Å². The molecule has 0 saturated carbocycles. The predicted molar refractivity (Wildman–Crippen MR) is 140 cm³/mol. The molecule has 0 spiro atoms. The van der Waals surface area contributed by atoms with Crippen LogP contribution in [0.4, 0.5) is 0 Å². The normalized spacial score (nSPS) is 12.4. The molecule has 0 amide bonds. The number of allylic oxidation sites excluding steroid dienone is 1. The zero-order valence-corrected chi connectivity index (χ0v) is 23.2. The van der Waals surface area contributed by atoms with Gasteiger partial charge in [0.05, 0.1) is 36.4 Å². The molecule has 5 nitrogen and oxygen atoms in total. The maximum atomic E-state index is 10.2. The van der Waals surface area contributed by atoms with E-state index in [1.54, 1.807) is 24.6 Å². The second-order valence-electron chi connectivity index (χ2n) is 8.96. The fourth-order valence-electron chi connectivity index (χ4n) is 3.69. The third kappa shape index (κ3) is 21.4. The van der Waals surface area contributed by atoms with E-state index in [0.29, 0.717) is 6.42 Å². The first kappa shape index (κ1) is 33.7. The van der Waals surface area contributed by atoms with E-state index in [1.165, 1.54) is 77.2 Å². The molecule has 192 valence electrons. The maximum Gasteiger partial charge on any atom is 0.264 e. The van der Waals surface area contributed by atoms with E-state index in [0.717, 1.165) is 0 Å². The van der Waals surface area contributed by atoms with Crippen LogP contribution in [0, 0.1) is 0 Å². The Morgan fingerprint density at radius 1 is 0.781 bits per heavy atom. The Kier molecular flexibility index (Phi) is 22.2. The molecule has 1 N–H and O–H groups in total. The molecular weight excluding hydrogens is 443 g/mol. The molecule has 0 fully saturated rings. The minimum Gasteiger partial charge on any atom is -0.545 e. The lowest BCUT2D eigenvalue weighted by atomic mass is 10.2. The first-order chi connectivity index (χ1) is 15.1. The quantitative estimate of drug-likeness (QED) is 0.0979. The molecule has 0 atom stereocenters. The van der Waals surface area contributed by atoms with E-state index >= 15 is 0 Å². The summed E-state index contributed by atoms with van der Waals surface area (Å²) in [5, 5.41) is 10.1. The Morgan fingerprint density at radius 2 is 1.22 bits per heavy atom. The summed E-state index contributed by atoms with van der Waals surface area (Å²) in [6.07, 6.45) is 22.8. The van der Waals surface area contributed by atoms with Gasteiger partial charge >= 0.3 is 0 Å². The summed E-state index contributed by atoms with van der Waals surface area (Å²) in [7, 11) is -4.52. The summed E-state index contributed by atoms with van der Waals surface area (Å²) >= 11 is 0. The van der Waals surface area contributed by atoms with Crippen molar-refractivity contribution in [3.63, 3.8) is 0 Å². The van der Waals surface area contributed by atoms with Crippen LogP contribution in [-0.2, 0) is 14.9 Å². The van der Waals surface area contributed by atoms with Gasteiger partial charge in [-0.3, -0.25) is 4.55 Å². The Balaban J connectivity index is 0. The molecule has 0 aliphatic carbocycles. The number of aliphatic carboxylic acids is 1. The molecular formula is C25H51O5PS. The molecule has 0 saturated heterocycles. The molecule has 7 heteroatoms. The van der Waals surface area contributed by atoms with Gasteiger partial charge in [0.2, 0.25) is 0 Å². The van der Waals surface area contributed by atoms with E-state index in [1.807, 2.05) is 0 Å². The summed E-state index contributed by atoms with van der Waals surface area (Å²) in [6.45, 7) is 10.8. The van der Waals surface area contributed by atoms with Crippen LogP contribution < -0.4 is 5.11 Å². The fraction of sp³-hybridized carbons (Fsp3) is 0.880. The second-order valence-corrected chi connectivity index (χ2v) is 15.0. The highest BCUT2D eigenvalue weighted by atomic mass is 32.2. The molecule has 0 unspecified atom stereocenters. The van der Waals surface area contributed by atoms with Crippen LogP contribution in [0.15, 0.2) is 11.6 Å². The minimum absolute atomic E-state index is 0.0651. The van der Waals surface area contributed by atoms with Crippen LogP contribution in [0.3, 0.4) is 0 Å². The first-order valence-electron chi connectivity index (χ1n) is 12.8. The number of unbranched alkanes of at least 4 members (excludes halogenated alkanes) is 7. The van der Waals surface area contributed by atoms with Crippen molar-refractivity contribution in [3.8, 4) is 0 Å². The first-order valence-corrected chi connectivity index (χ1v) is 16.9. The van der Waals surface area contributed by atoms with Crippen LogP contribution in [0.2, 0.25) is 0 Å². The van der Waals surface area contributed by atoms with Gasteiger partial charge in [0.25, 0.3) is 10.1 Å².